The lowest BCUT2D eigenvalue weighted by atomic mass is 9.81. The summed E-state index contributed by atoms with van der Waals surface area (Å²) in [5.41, 5.74) is 5.73. The number of nitrogens with one attached hydrogen (secondary N) is 1. The Morgan fingerprint density at radius 3 is 2.40 bits per heavy atom. The highest BCUT2D eigenvalue weighted by Gasteiger charge is 2.66. The van der Waals surface area contributed by atoms with Crippen LogP contribution in [0.5, 0.6) is 5.75 Å². The third-order valence-electron chi connectivity index (χ3n) is 12.8. The zero-order valence-corrected chi connectivity index (χ0v) is 32.3. The number of aromatic nitrogens is 1. The normalized spacial score (nSPS) is 24.3. The van der Waals surface area contributed by atoms with Crippen molar-refractivity contribution in [2.24, 2.45) is 5.41 Å². The van der Waals surface area contributed by atoms with Crippen LogP contribution in [-0.4, -0.2) is 91.4 Å². The molecule has 2 aliphatic carbocycles. The Morgan fingerprint density at radius 1 is 0.945 bits per heavy atom. The maximum atomic E-state index is 15.1. The third kappa shape index (κ3) is 5.97. The van der Waals surface area contributed by atoms with Crippen LogP contribution in [0.4, 0.5) is 4.79 Å². The molecule has 4 aliphatic heterocycles. The van der Waals surface area contributed by atoms with Crippen LogP contribution in [-0.2, 0) is 32.9 Å². The molecule has 4 aromatic rings. The summed E-state index contributed by atoms with van der Waals surface area (Å²) in [7, 11) is 0.399. The predicted octanol–water partition coefficient (Wildman–Crippen LogP) is 6.01. The van der Waals surface area contributed by atoms with Gasteiger partial charge in [-0.2, -0.15) is 12.7 Å². The molecule has 6 aliphatic rings. The van der Waals surface area contributed by atoms with Gasteiger partial charge in [0.2, 0.25) is 5.91 Å². The van der Waals surface area contributed by atoms with Gasteiger partial charge >= 0.3 is 16.3 Å². The van der Waals surface area contributed by atoms with E-state index >= 15 is 4.79 Å². The molecule has 1 aromatic heterocycles. The molecule has 2 bridgehead atoms. The lowest BCUT2D eigenvalue weighted by molar-refractivity contribution is -0.159. The van der Waals surface area contributed by atoms with E-state index in [1.54, 1.807) is 24.1 Å². The summed E-state index contributed by atoms with van der Waals surface area (Å²) in [5.74, 6) is 0.399. The van der Waals surface area contributed by atoms with E-state index in [-0.39, 0.29) is 42.2 Å². The van der Waals surface area contributed by atoms with Crippen molar-refractivity contribution in [3.63, 3.8) is 0 Å². The second-order valence-corrected chi connectivity index (χ2v) is 18.1. The van der Waals surface area contributed by atoms with Crippen molar-refractivity contribution < 1.29 is 32.3 Å². The first-order valence-corrected chi connectivity index (χ1v) is 20.8. The molecule has 3 saturated heterocycles. The molecule has 0 radical (unpaired) electrons. The first kappa shape index (κ1) is 35.8. The third-order valence-corrected chi connectivity index (χ3v) is 14.2. The van der Waals surface area contributed by atoms with Crippen LogP contribution in [0, 0.1) is 5.41 Å². The van der Waals surface area contributed by atoms with Gasteiger partial charge in [0.1, 0.15) is 12.4 Å². The van der Waals surface area contributed by atoms with Crippen LogP contribution in [0.2, 0.25) is 0 Å². The molecule has 3 amide bonds. The van der Waals surface area contributed by atoms with E-state index in [1.807, 2.05) is 47.4 Å². The van der Waals surface area contributed by atoms with Gasteiger partial charge in [0, 0.05) is 61.7 Å². The monoisotopic (exact) mass is 765 g/mol. The fourth-order valence-electron chi connectivity index (χ4n) is 9.85. The van der Waals surface area contributed by atoms with Crippen LogP contribution >= 0.6 is 0 Å². The van der Waals surface area contributed by atoms with E-state index in [9.17, 15) is 18.0 Å². The van der Waals surface area contributed by atoms with Crippen LogP contribution in [0.1, 0.15) is 83.8 Å². The van der Waals surface area contributed by atoms with Gasteiger partial charge in [-0.05, 0) is 78.6 Å². The maximum absolute atomic E-state index is 15.1. The number of methoxy groups -OCH3 is 1. The topological polar surface area (TPSA) is 130 Å². The zero-order valence-electron chi connectivity index (χ0n) is 31.5. The fourth-order valence-corrected chi connectivity index (χ4v) is 10.4. The fraction of sp³-hybridized carbons (Fsp3) is 0.452. The Morgan fingerprint density at radius 2 is 1.69 bits per heavy atom. The van der Waals surface area contributed by atoms with Crippen molar-refractivity contribution in [2.75, 3.05) is 34.3 Å². The second kappa shape index (κ2) is 13.4. The maximum Gasteiger partial charge on any atom is 0.410 e. The minimum absolute atomic E-state index is 0.0377. The Labute approximate surface area is 321 Å². The van der Waals surface area contributed by atoms with Gasteiger partial charge in [0.05, 0.1) is 30.3 Å². The number of hydrogen-bond donors (Lipinski definition) is 1. The minimum atomic E-state index is -4.01. The lowest BCUT2D eigenvalue weighted by Crippen LogP contribution is -2.72. The van der Waals surface area contributed by atoms with Gasteiger partial charge in [-0.3, -0.25) is 9.59 Å². The Hall–Kier alpha value is -4.88. The highest BCUT2D eigenvalue weighted by Crippen LogP contribution is 2.67. The Balaban J connectivity index is 1.09. The number of piperidine rings is 1. The van der Waals surface area contributed by atoms with Crippen LogP contribution in [0.3, 0.4) is 0 Å². The molecular weight excluding hydrogens is 719 g/mol. The van der Waals surface area contributed by atoms with Crippen molar-refractivity contribution in [3.05, 3.63) is 89.0 Å². The molecule has 5 heterocycles. The summed E-state index contributed by atoms with van der Waals surface area (Å²) >= 11 is 0. The molecule has 2 unspecified atom stereocenters. The van der Waals surface area contributed by atoms with Gasteiger partial charge in [-0.25, -0.2) is 9.52 Å². The molecule has 0 spiro atoms. The van der Waals surface area contributed by atoms with Crippen molar-refractivity contribution in [1.29, 1.82) is 0 Å². The molecule has 4 atom stereocenters. The smallest absolute Gasteiger partial charge is 0.410 e. The van der Waals surface area contributed by atoms with Gasteiger partial charge in [0.25, 0.3) is 5.91 Å². The average Bonchev–Trinajstić information content (AvgIpc) is 3.87. The summed E-state index contributed by atoms with van der Waals surface area (Å²) in [6.07, 6.45) is 6.72. The first-order valence-electron chi connectivity index (χ1n) is 19.4. The van der Waals surface area contributed by atoms with Gasteiger partial charge in [-0.15, -0.1) is 0 Å². The predicted molar refractivity (Wildman–Crippen MR) is 207 cm³/mol. The average molecular weight is 766 g/mol. The SMILES string of the molecule is COc1ccc2c(c1)C1CC1(C(=O)N1[C@@H]3C[C@H]1CN(C(=O)OCc1ccccc1)C3)Cn1c-2c(C2CCCCC2)c2ccc(C(=O)NS(=O)(=O)N(C)C)cc21. The van der Waals surface area contributed by atoms with Gasteiger partial charge in [-0.1, -0.05) is 55.7 Å². The minimum Gasteiger partial charge on any atom is -0.497 e. The number of amides is 3. The highest BCUT2D eigenvalue weighted by atomic mass is 32.2. The molecule has 5 fully saturated rings. The molecule has 2 saturated carbocycles. The summed E-state index contributed by atoms with van der Waals surface area (Å²) in [5, 5.41) is 1.03. The molecule has 288 valence electrons. The van der Waals surface area contributed by atoms with Crippen LogP contribution < -0.4 is 9.46 Å². The molecule has 3 aromatic carbocycles. The number of benzene rings is 3. The van der Waals surface area contributed by atoms with E-state index in [4.69, 9.17) is 9.47 Å². The Kier molecular flexibility index (Phi) is 8.72. The number of fused-ring (bicyclic) bond motifs is 9. The number of carbonyl (C=O) groups excluding carboxylic acids is 3. The number of rotatable bonds is 8. The lowest BCUT2D eigenvalue weighted by Gasteiger charge is -2.56. The number of carbonyl (C=O) groups is 3. The van der Waals surface area contributed by atoms with E-state index in [0.717, 1.165) is 75.4 Å². The molecule has 12 nitrogen and oxygen atoms in total. The van der Waals surface area contributed by atoms with Crippen molar-refractivity contribution in [2.45, 2.75) is 82.0 Å². The number of nitrogens with zero attached hydrogens (tertiary/aromatic N) is 4. The molecule has 10 rings (SSSR count). The quantitative estimate of drug-likeness (QED) is 0.233. The standard InChI is InChI=1S/C42H47N5O7S/c1-44(2)55(51,52)43-39(48)28-14-16-33-36(18-28)46-25-42(40(49)47-29-19-30(47)23-45(22-29)41(50)54-24-26-10-6-4-7-11-26)21-35(42)34-20-31(53-3)15-17-32(34)38(46)37(33)27-12-8-5-9-13-27/h4,6-7,10-11,14-18,20,27,29-30,35H,5,8-9,12-13,19,21-25H2,1-3H3,(H,43,48)/t29-,30+,35?,42?. The van der Waals surface area contributed by atoms with Gasteiger partial charge < -0.3 is 23.8 Å². The van der Waals surface area contributed by atoms with Crippen molar-refractivity contribution in [1.82, 2.24) is 23.4 Å². The number of hydrogen-bond acceptors (Lipinski definition) is 7. The molecular formula is C42H47N5O7S. The van der Waals surface area contributed by atoms with E-state index in [1.165, 1.54) is 26.1 Å². The van der Waals surface area contributed by atoms with Crippen molar-refractivity contribution in [3.8, 4) is 17.0 Å². The zero-order chi connectivity index (χ0) is 38.2. The Bertz CT molecular complexity index is 2310. The first-order chi connectivity index (χ1) is 26.5. The molecule has 55 heavy (non-hydrogen) atoms. The van der Waals surface area contributed by atoms with E-state index < -0.39 is 21.5 Å². The number of piperazine rings is 1. The largest absolute Gasteiger partial charge is 0.497 e. The molecule has 13 heteroatoms. The molecule has 1 N–H and O–H groups in total. The summed E-state index contributed by atoms with van der Waals surface area (Å²) < 4.78 is 42.1. The van der Waals surface area contributed by atoms with Crippen molar-refractivity contribution >= 4 is 39.0 Å². The van der Waals surface area contributed by atoms with Gasteiger partial charge in [0.15, 0.2) is 0 Å². The van der Waals surface area contributed by atoms with Crippen LogP contribution in [0.15, 0.2) is 66.7 Å². The van der Waals surface area contributed by atoms with Crippen LogP contribution in [0.25, 0.3) is 22.2 Å². The van der Waals surface area contributed by atoms with E-state index in [0.29, 0.717) is 32.0 Å². The highest BCUT2D eigenvalue weighted by molar-refractivity contribution is 7.87. The summed E-state index contributed by atoms with van der Waals surface area (Å²) in [6.45, 7) is 1.48. The van der Waals surface area contributed by atoms with E-state index in [2.05, 4.69) is 21.4 Å². The summed E-state index contributed by atoms with van der Waals surface area (Å²) in [4.78, 5) is 45.5. The summed E-state index contributed by atoms with van der Waals surface area (Å²) in [6, 6.07) is 21.1. The number of ether oxygens (including phenoxy) is 2. The second-order valence-electron chi connectivity index (χ2n) is 16.2.